The molecular weight excluding hydrogens is 386 g/mol. The number of ether oxygens (including phenoxy) is 2. The molecule has 1 aliphatic rings. The highest BCUT2D eigenvalue weighted by atomic mass is 16.5. The van der Waals surface area contributed by atoms with Crippen molar-refractivity contribution in [1.29, 1.82) is 0 Å². The summed E-state index contributed by atoms with van der Waals surface area (Å²) in [5.74, 6) is -0.279. The average molecular weight is 409 g/mol. The van der Waals surface area contributed by atoms with Gasteiger partial charge in [-0.1, -0.05) is 0 Å². The van der Waals surface area contributed by atoms with Gasteiger partial charge in [0.05, 0.1) is 25.0 Å². The maximum absolute atomic E-state index is 12.4. The third-order valence-electron chi connectivity index (χ3n) is 4.50. The highest BCUT2D eigenvalue weighted by Gasteiger charge is 2.23. The van der Waals surface area contributed by atoms with E-state index in [0.29, 0.717) is 24.3 Å². The molecule has 156 valence electrons. The van der Waals surface area contributed by atoms with Crippen LogP contribution in [0.5, 0.6) is 5.75 Å². The lowest BCUT2D eigenvalue weighted by Crippen LogP contribution is -2.37. The predicted molar refractivity (Wildman–Crippen MR) is 112 cm³/mol. The van der Waals surface area contributed by atoms with E-state index in [0.717, 1.165) is 17.0 Å². The monoisotopic (exact) mass is 409 g/mol. The summed E-state index contributed by atoms with van der Waals surface area (Å²) >= 11 is 0. The third-order valence-corrected chi connectivity index (χ3v) is 4.50. The van der Waals surface area contributed by atoms with E-state index in [-0.39, 0.29) is 24.8 Å². The maximum atomic E-state index is 12.4. The van der Waals surface area contributed by atoms with Crippen molar-refractivity contribution in [2.45, 2.75) is 19.8 Å². The summed E-state index contributed by atoms with van der Waals surface area (Å²) in [6.07, 6.45) is 0.797. The van der Waals surface area contributed by atoms with Gasteiger partial charge in [-0.2, -0.15) is 5.10 Å². The molecule has 0 aliphatic carbocycles. The van der Waals surface area contributed by atoms with Crippen LogP contribution in [-0.4, -0.2) is 48.8 Å². The van der Waals surface area contributed by atoms with Crippen molar-refractivity contribution in [3.05, 3.63) is 59.7 Å². The van der Waals surface area contributed by atoms with E-state index in [2.05, 4.69) is 10.4 Å². The van der Waals surface area contributed by atoms with Crippen molar-refractivity contribution < 1.29 is 23.9 Å². The summed E-state index contributed by atoms with van der Waals surface area (Å²) in [6, 6.07) is 13.7. The van der Waals surface area contributed by atoms with Gasteiger partial charge >= 0.3 is 5.97 Å². The first kappa shape index (κ1) is 21.0. The summed E-state index contributed by atoms with van der Waals surface area (Å²) in [7, 11) is 1.59. The third kappa shape index (κ3) is 5.22. The van der Waals surface area contributed by atoms with E-state index in [9.17, 15) is 14.4 Å². The van der Waals surface area contributed by atoms with Crippen LogP contribution in [-0.2, 0) is 14.3 Å². The van der Waals surface area contributed by atoms with Gasteiger partial charge in [-0.05, 0) is 61.0 Å². The second-order valence-electron chi connectivity index (χ2n) is 6.57. The number of hydrazone groups is 1. The number of rotatable bonds is 7. The fraction of sp³-hybridized carbons (Fsp3) is 0.273. The van der Waals surface area contributed by atoms with E-state index in [1.807, 2.05) is 24.3 Å². The molecule has 0 saturated carbocycles. The molecule has 8 heteroatoms. The summed E-state index contributed by atoms with van der Waals surface area (Å²) in [5, 5.41) is 8.26. The lowest BCUT2D eigenvalue weighted by Gasteiger charge is -2.23. The standard InChI is InChI=1S/C22H23N3O5/c1-3-30-22(28)16-4-8-17(9-5-16)23-20(26)14-25-21(27)13-12-19(24-25)15-6-10-18(29-2)11-7-15/h4-11H,3,12-14H2,1-2H3,(H,23,26). The molecule has 8 nitrogen and oxygen atoms in total. The number of anilines is 1. The van der Waals surface area contributed by atoms with Gasteiger partial charge in [-0.25, -0.2) is 9.80 Å². The number of hydrogen-bond donors (Lipinski definition) is 1. The Morgan fingerprint density at radius 2 is 1.77 bits per heavy atom. The Labute approximate surface area is 174 Å². The molecule has 0 bridgehead atoms. The van der Waals surface area contributed by atoms with Crippen molar-refractivity contribution >= 4 is 29.2 Å². The molecule has 2 aromatic rings. The molecule has 2 amide bonds. The topological polar surface area (TPSA) is 97.3 Å². The van der Waals surface area contributed by atoms with Crippen molar-refractivity contribution in [2.24, 2.45) is 5.10 Å². The fourth-order valence-corrected chi connectivity index (χ4v) is 2.96. The van der Waals surface area contributed by atoms with Crippen LogP contribution < -0.4 is 10.1 Å². The van der Waals surface area contributed by atoms with Gasteiger partial charge in [0, 0.05) is 18.5 Å². The number of hydrogen-bond acceptors (Lipinski definition) is 6. The molecule has 0 unspecified atom stereocenters. The molecule has 0 aromatic heterocycles. The first-order valence-electron chi connectivity index (χ1n) is 9.59. The molecule has 1 N–H and O–H groups in total. The Morgan fingerprint density at radius 3 is 2.40 bits per heavy atom. The zero-order chi connectivity index (χ0) is 21.5. The van der Waals surface area contributed by atoms with Crippen molar-refractivity contribution in [3.8, 4) is 5.75 Å². The predicted octanol–water partition coefficient (Wildman–Crippen LogP) is 2.84. The van der Waals surface area contributed by atoms with E-state index >= 15 is 0 Å². The summed E-state index contributed by atoms with van der Waals surface area (Å²) in [4.78, 5) is 36.3. The first-order valence-corrected chi connectivity index (χ1v) is 9.59. The molecule has 0 fully saturated rings. The van der Waals surface area contributed by atoms with Gasteiger partial charge in [-0.3, -0.25) is 9.59 Å². The second kappa shape index (κ2) is 9.69. The molecule has 0 radical (unpaired) electrons. The molecule has 0 saturated heterocycles. The lowest BCUT2D eigenvalue weighted by atomic mass is 10.0. The van der Waals surface area contributed by atoms with Gasteiger partial charge < -0.3 is 14.8 Å². The molecule has 3 rings (SSSR count). The van der Waals surface area contributed by atoms with Crippen LogP contribution in [0.3, 0.4) is 0 Å². The Kier molecular flexibility index (Phi) is 6.79. The van der Waals surface area contributed by atoms with Gasteiger partial charge in [-0.15, -0.1) is 0 Å². The normalized spacial score (nSPS) is 13.5. The Bertz CT molecular complexity index is 952. The Morgan fingerprint density at radius 1 is 1.07 bits per heavy atom. The number of carbonyl (C=O) groups excluding carboxylic acids is 3. The number of nitrogens with one attached hydrogen (secondary N) is 1. The highest BCUT2D eigenvalue weighted by Crippen LogP contribution is 2.18. The molecule has 2 aromatic carbocycles. The molecule has 30 heavy (non-hydrogen) atoms. The number of carbonyl (C=O) groups is 3. The minimum atomic E-state index is -0.422. The van der Waals surface area contributed by atoms with E-state index in [1.54, 1.807) is 38.3 Å². The van der Waals surface area contributed by atoms with Crippen molar-refractivity contribution in [1.82, 2.24) is 5.01 Å². The van der Waals surface area contributed by atoms with E-state index in [4.69, 9.17) is 9.47 Å². The van der Waals surface area contributed by atoms with Crippen LogP contribution in [0.1, 0.15) is 35.7 Å². The minimum Gasteiger partial charge on any atom is -0.497 e. The van der Waals surface area contributed by atoms with Crippen LogP contribution in [0.4, 0.5) is 5.69 Å². The van der Waals surface area contributed by atoms with Gasteiger partial charge in [0.1, 0.15) is 12.3 Å². The maximum Gasteiger partial charge on any atom is 0.338 e. The average Bonchev–Trinajstić information content (AvgIpc) is 2.76. The van der Waals surface area contributed by atoms with E-state index in [1.165, 1.54) is 5.01 Å². The fourth-order valence-electron chi connectivity index (χ4n) is 2.96. The van der Waals surface area contributed by atoms with Crippen LogP contribution in [0.2, 0.25) is 0 Å². The summed E-state index contributed by atoms with van der Waals surface area (Å²) in [5.41, 5.74) is 2.53. The molecule has 0 atom stereocenters. The van der Waals surface area contributed by atoms with Crippen LogP contribution in [0.15, 0.2) is 53.6 Å². The Hall–Kier alpha value is -3.68. The summed E-state index contributed by atoms with van der Waals surface area (Å²) < 4.78 is 10.1. The van der Waals surface area contributed by atoms with Crippen molar-refractivity contribution in [3.63, 3.8) is 0 Å². The number of esters is 1. The van der Waals surface area contributed by atoms with Crippen LogP contribution in [0, 0.1) is 0 Å². The van der Waals surface area contributed by atoms with Crippen LogP contribution >= 0.6 is 0 Å². The molecule has 1 heterocycles. The largest absolute Gasteiger partial charge is 0.497 e. The van der Waals surface area contributed by atoms with Gasteiger partial charge in [0.25, 0.3) is 0 Å². The second-order valence-corrected chi connectivity index (χ2v) is 6.57. The van der Waals surface area contributed by atoms with Gasteiger partial charge in [0.15, 0.2) is 0 Å². The number of benzene rings is 2. The SMILES string of the molecule is CCOC(=O)c1ccc(NC(=O)CN2N=C(c3ccc(OC)cc3)CCC2=O)cc1. The summed E-state index contributed by atoms with van der Waals surface area (Å²) in [6.45, 7) is 1.83. The zero-order valence-corrected chi connectivity index (χ0v) is 16.9. The highest BCUT2D eigenvalue weighted by molar-refractivity contribution is 6.05. The lowest BCUT2D eigenvalue weighted by molar-refractivity contribution is -0.135. The molecular formula is C22H23N3O5. The zero-order valence-electron chi connectivity index (χ0n) is 16.9. The number of nitrogens with zero attached hydrogens (tertiary/aromatic N) is 2. The smallest absolute Gasteiger partial charge is 0.338 e. The Balaban J connectivity index is 1.64. The minimum absolute atomic E-state index is 0.196. The van der Waals surface area contributed by atoms with E-state index < -0.39 is 5.97 Å². The molecule has 1 aliphatic heterocycles. The number of amides is 2. The van der Waals surface area contributed by atoms with Gasteiger partial charge in [0.2, 0.25) is 11.8 Å². The number of methoxy groups -OCH3 is 1. The first-order chi connectivity index (χ1) is 14.5. The molecule has 0 spiro atoms. The quantitative estimate of drug-likeness (QED) is 0.709. The van der Waals surface area contributed by atoms with Crippen molar-refractivity contribution in [2.75, 3.05) is 25.6 Å². The van der Waals surface area contributed by atoms with Crippen LogP contribution in [0.25, 0.3) is 0 Å².